The number of nitrogens with zero attached hydrogens (tertiary/aromatic N) is 3. The maximum Gasteiger partial charge on any atom is 0.395 e. The summed E-state index contributed by atoms with van der Waals surface area (Å²) in [6, 6.07) is 2.27. The maximum atomic E-state index is 11.5. The highest BCUT2D eigenvalue weighted by atomic mass is 35.5. The van der Waals surface area contributed by atoms with E-state index >= 15 is 0 Å². The van der Waals surface area contributed by atoms with E-state index in [2.05, 4.69) is 9.97 Å². The fourth-order valence-electron chi connectivity index (χ4n) is 1.71. The van der Waals surface area contributed by atoms with Gasteiger partial charge < -0.3 is 10.1 Å². The average Bonchev–Trinajstić information content (AvgIpc) is 2.44. The van der Waals surface area contributed by atoms with Gasteiger partial charge in [-0.25, -0.2) is 0 Å². The van der Waals surface area contributed by atoms with Gasteiger partial charge in [-0.1, -0.05) is 23.2 Å². The predicted octanol–water partition coefficient (Wildman–Crippen LogP) is 2.77. The Labute approximate surface area is 142 Å². The Balaban J connectivity index is 2.46. The first-order valence-electron chi connectivity index (χ1n) is 6.00. The fourth-order valence-corrected chi connectivity index (χ4v) is 2.22. The summed E-state index contributed by atoms with van der Waals surface area (Å²) in [7, 11) is 0. The number of benzene rings is 1. The molecular weight excluding hydrogens is 367 g/mol. The van der Waals surface area contributed by atoms with E-state index in [1.54, 1.807) is 0 Å². The molecule has 10 nitrogen and oxygen atoms in total. The third-order valence-electron chi connectivity index (χ3n) is 2.76. The van der Waals surface area contributed by atoms with Crippen molar-refractivity contribution in [2.24, 2.45) is 0 Å². The molecule has 0 aliphatic carbocycles. The molecule has 24 heavy (non-hydrogen) atoms. The maximum absolute atomic E-state index is 11.5. The average molecular weight is 373 g/mol. The number of aromatic amines is 1. The minimum atomic E-state index is -1.15. The molecule has 1 heterocycles. The Bertz CT molecular complexity index is 940. The standard InChI is InChI=1S/C12H6Cl2N4O6/c13-6-4-7(14)8(17(21)22)3-5(6)1-2-9-15-11(19)10(18(23)24)12(20)16-9/h1-4H,(H2,15,16,19,20)/b2-1+. The molecule has 0 atom stereocenters. The second kappa shape index (κ2) is 6.64. The summed E-state index contributed by atoms with van der Waals surface area (Å²) in [5.74, 6) is -1.27. The van der Waals surface area contributed by atoms with E-state index in [1.807, 2.05) is 0 Å². The van der Waals surface area contributed by atoms with Crippen molar-refractivity contribution < 1.29 is 15.0 Å². The highest BCUT2D eigenvalue weighted by molar-refractivity contribution is 6.36. The van der Waals surface area contributed by atoms with Crippen LogP contribution in [0.1, 0.15) is 11.4 Å². The third kappa shape index (κ3) is 3.50. The number of hydrogen-bond donors (Lipinski definition) is 2. The van der Waals surface area contributed by atoms with Gasteiger partial charge in [0, 0.05) is 16.7 Å². The van der Waals surface area contributed by atoms with Gasteiger partial charge in [-0.2, -0.15) is 4.98 Å². The van der Waals surface area contributed by atoms with Crippen molar-refractivity contribution in [1.29, 1.82) is 0 Å². The summed E-state index contributed by atoms with van der Waals surface area (Å²) in [5.41, 5.74) is -2.44. The molecule has 0 amide bonds. The first-order valence-corrected chi connectivity index (χ1v) is 6.75. The molecule has 0 aliphatic heterocycles. The van der Waals surface area contributed by atoms with Gasteiger partial charge in [0.05, 0.1) is 9.85 Å². The molecule has 12 heteroatoms. The van der Waals surface area contributed by atoms with E-state index in [-0.39, 0.29) is 27.1 Å². The highest BCUT2D eigenvalue weighted by Gasteiger charge is 2.21. The van der Waals surface area contributed by atoms with Crippen LogP contribution >= 0.6 is 23.2 Å². The van der Waals surface area contributed by atoms with Gasteiger partial charge >= 0.3 is 11.2 Å². The molecule has 0 radical (unpaired) electrons. The second-order valence-corrected chi connectivity index (χ2v) is 5.11. The van der Waals surface area contributed by atoms with Gasteiger partial charge in [0.1, 0.15) is 10.8 Å². The van der Waals surface area contributed by atoms with Crippen LogP contribution in [-0.4, -0.2) is 24.9 Å². The van der Waals surface area contributed by atoms with E-state index < -0.39 is 27.0 Å². The molecular formula is C12H6Cl2N4O6. The zero-order valence-electron chi connectivity index (χ0n) is 11.4. The Morgan fingerprint density at radius 1 is 1.12 bits per heavy atom. The smallest absolute Gasteiger partial charge is 0.395 e. The summed E-state index contributed by atoms with van der Waals surface area (Å²) in [4.78, 5) is 36.7. The van der Waals surface area contributed by atoms with Crippen LogP contribution in [0.15, 0.2) is 16.9 Å². The minimum absolute atomic E-state index is 0.0929. The minimum Gasteiger partial charge on any atom is -0.488 e. The van der Waals surface area contributed by atoms with Gasteiger partial charge in [-0.15, -0.1) is 0 Å². The van der Waals surface area contributed by atoms with Crippen molar-refractivity contribution in [3.63, 3.8) is 0 Å². The molecule has 0 fully saturated rings. The zero-order valence-corrected chi connectivity index (χ0v) is 12.9. The number of hydrogen-bond acceptors (Lipinski definition) is 7. The highest BCUT2D eigenvalue weighted by Crippen LogP contribution is 2.31. The largest absolute Gasteiger partial charge is 0.488 e. The number of nitro benzene ring substituents is 1. The zero-order chi connectivity index (χ0) is 18.0. The Hall–Kier alpha value is -2.98. The summed E-state index contributed by atoms with van der Waals surface area (Å²) in [5, 5.41) is 30.8. The van der Waals surface area contributed by atoms with Gasteiger partial charge in [0.25, 0.3) is 11.6 Å². The Morgan fingerprint density at radius 2 is 1.79 bits per heavy atom. The fraction of sp³-hybridized carbons (Fsp3) is 0. The quantitative estimate of drug-likeness (QED) is 0.617. The van der Waals surface area contributed by atoms with Crippen molar-refractivity contribution in [2.75, 3.05) is 0 Å². The SMILES string of the molecule is O=c1[nH]c(/C=C/c2cc([N+](=O)[O-])c(Cl)cc2Cl)nc(O)c1[N+](=O)[O-]. The molecule has 0 aliphatic rings. The van der Waals surface area contributed by atoms with E-state index in [1.165, 1.54) is 12.1 Å². The van der Waals surface area contributed by atoms with E-state index in [9.17, 15) is 30.1 Å². The van der Waals surface area contributed by atoms with Crippen LogP contribution < -0.4 is 5.56 Å². The molecule has 1 aromatic carbocycles. The van der Waals surface area contributed by atoms with Gasteiger partial charge in [-0.3, -0.25) is 25.0 Å². The molecule has 1 aromatic heterocycles. The number of aromatic nitrogens is 2. The first kappa shape index (κ1) is 17.4. The van der Waals surface area contributed by atoms with Gasteiger partial charge in [-0.05, 0) is 18.2 Å². The van der Waals surface area contributed by atoms with Gasteiger partial charge in [0.15, 0.2) is 0 Å². The number of rotatable bonds is 4. The van der Waals surface area contributed by atoms with E-state index in [0.29, 0.717) is 0 Å². The Kier molecular flexibility index (Phi) is 4.81. The van der Waals surface area contributed by atoms with E-state index in [0.717, 1.165) is 12.1 Å². The summed E-state index contributed by atoms with van der Waals surface area (Å²) in [6.45, 7) is 0. The van der Waals surface area contributed by atoms with Crippen molar-refractivity contribution in [3.8, 4) is 5.88 Å². The predicted molar refractivity (Wildman–Crippen MR) is 85.2 cm³/mol. The molecule has 2 rings (SSSR count). The van der Waals surface area contributed by atoms with Crippen LogP contribution in [0, 0.1) is 20.2 Å². The van der Waals surface area contributed by atoms with Crippen molar-refractivity contribution in [2.45, 2.75) is 0 Å². The monoisotopic (exact) mass is 372 g/mol. The normalized spacial score (nSPS) is 10.9. The number of H-pyrrole nitrogens is 1. The number of nitro groups is 2. The molecule has 2 N–H and O–H groups in total. The first-order chi connectivity index (χ1) is 11.2. The number of nitrogens with one attached hydrogen (secondary N) is 1. The number of halogens is 2. The second-order valence-electron chi connectivity index (χ2n) is 4.30. The third-order valence-corrected chi connectivity index (χ3v) is 3.39. The van der Waals surface area contributed by atoms with Crippen LogP contribution in [0.25, 0.3) is 12.2 Å². The van der Waals surface area contributed by atoms with Crippen LogP contribution in [0.2, 0.25) is 10.0 Å². The van der Waals surface area contributed by atoms with Crippen LogP contribution in [-0.2, 0) is 0 Å². The molecule has 0 bridgehead atoms. The molecule has 124 valence electrons. The Morgan fingerprint density at radius 3 is 2.33 bits per heavy atom. The van der Waals surface area contributed by atoms with Crippen molar-refractivity contribution in [3.05, 3.63) is 64.1 Å². The van der Waals surface area contributed by atoms with Crippen LogP contribution in [0.5, 0.6) is 5.88 Å². The van der Waals surface area contributed by atoms with Crippen LogP contribution in [0.4, 0.5) is 11.4 Å². The lowest BCUT2D eigenvalue weighted by atomic mass is 10.2. The molecule has 2 aromatic rings. The lowest BCUT2D eigenvalue weighted by molar-refractivity contribution is -0.387. The summed E-state index contributed by atoms with van der Waals surface area (Å²) < 4.78 is 0. The summed E-state index contributed by atoms with van der Waals surface area (Å²) in [6.07, 6.45) is 2.42. The van der Waals surface area contributed by atoms with Crippen molar-refractivity contribution >= 4 is 46.7 Å². The lowest BCUT2D eigenvalue weighted by Gasteiger charge is -2.01. The summed E-state index contributed by atoms with van der Waals surface area (Å²) >= 11 is 11.6. The van der Waals surface area contributed by atoms with Gasteiger partial charge in [0.2, 0.25) is 0 Å². The molecule has 0 unspecified atom stereocenters. The molecule has 0 saturated heterocycles. The van der Waals surface area contributed by atoms with Crippen LogP contribution in [0.3, 0.4) is 0 Å². The van der Waals surface area contributed by atoms with Crippen molar-refractivity contribution in [1.82, 2.24) is 9.97 Å². The number of aromatic hydroxyl groups is 1. The lowest BCUT2D eigenvalue weighted by Crippen LogP contribution is -2.14. The molecule has 0 spiro atoms. The topological polar surface area (TPSA) is 152 Å². The van der Waals surface area contributed by atoms with E-state index in [4.69, 9.17) is 23.2 Å². The molecule has 0 saturated carbocycles.